The Morgan fingerprint density at radius 2 is 2.26 bits per heavy atom. The number of nitrogens with one attached hydrogen (secondary N) is 3. The molecule has 9 heteroatoms. The lowest BCUT2D eigenvalue weighted by atomic mass is 10.2. The maximum absolute atomic E-state index is 6.09. The molecule has 152 valence electrons. The Hall–Kier alpha value is -1.28. The van der Waals surface area contributed by atoms with E-state index >= 15 is 0 Å². The number of aromatic nitrogens is 1. The van der Waals surface area contributed by atoms with Crippen LogP contribution in [0, 0.1) is 0 Å². The molecule has 0 saturated carbocycles. The number of halogens is 2. The molecule has 1 saturated heterocycles. The third-order valence-electron chi connectivity index (χ3n) is 3.91. The first-order valence-electron chi connectivity index (χ1n) is 9.45. The molecule has 0 spiro atoms. The Kier molecular flexibility index (Phi) is 10.6. The van der Waals surface area contributed by atoms with E-state index in [2.05, 4.69) is 25.9 Å². The maximum Gasteiger partial charge on any atom is 0.191 e. The molecule has 2 heterocycles. The lowest BCUT2D eigenvalue weighted by Crippen LogP contribution is -2.39. The highest BCUT2D eigenvalue weighted by Crippen LogP contribution is 2.21. The van der Waals surface area contributed by atoms with Gasteiger partial charge in [-0.3, -0.25) is 4.99 Å². The average molecular weight is 418 g/mol. The van der Waals surface area contributed by atoms with Gasteiger partial charge in [0.1, 0.15) is 5.82 Å². The van der Waals surface area contributed by atoms with E-state index in [0.29, 0.717) is 48.7 Å². The van der Waals surface area contributed by atoms with Crippen LogP contribution in [0.5, 0.6) is 0 Å². The Bertz CT molecular complexity index is 583. The summed E-state index contributed by atoms with van der Waals surface area (Å²) in [4.78, 5) is 8.72. The van der Waals surface area contributed by atoms with Crippen LogP contribution in [-0.2, 0) is 9.47 Å². The summed E-state index contributed by atoms with van der Waals surface area (Å²) in [5.74, 6) is 1.40. The predicted octanol–water partition coefficient (Wildman–Crippen LogP) is 2.94. The smallest absolute Gasteiger partial charge is 0.191 e. The predicted molar refractivity (Wildman–Crippen MR) is 111 cm³/mol. The van der Waals surface area contributed by atoms with Gasteiger partial charge in [-0.1, -0.05) is 23.2 Å². The molecule has 0 aromatic carbocycles. The van der Waals surface area contributed by atoms with Crippen molar-refractivity contribution < 1.29 is 9.47 Å². The number of aliphatic imine (C=N–C) groups is 1. The molecule has 7 nitrogen and oxygen atoms in total. The van der Waals surface area contributed by atoms with Crippen LogP contribution in [0.1, 0.15) is 26.2 Å². The van der Waals surface area contributed by atoms with Crippen LogP contribution in [0.15, 0.2) is 17.3 Å². The molecule has 1 aliphatic heterocycles. The number of anilines is 1. The first-order chi connectivity index (χ1) is 13.2. The van der Waals surface area contributed by atoms with Crippen molar-refractivity contribution >= 4 is 35.0 Å². The Labute approximate surface area is 171 Å². The van der Waals surface area contributed by atoms with Gasteiger partial charge in [-0.2, -0.15) is 0 Å². The first kappa shape index (κ1) is 22.0. The summed E-state index contributed by atoms with van der Waals surface area (Å²) in [6.45, 7) is 7.15. The van der Waals surface area contributed by atoms with Gasteiger partial charge in [-0.15, -0.1) is 0 Å². The van der Waals surface area contributed by atoms with E-state index in [-0.39, 0.29) is 6.10 Å². The summed E-state index contributed by atoms with van der Waals surface area (Å²) < 4.78 is 11.2. The number of hydrogen-bond acceptors (Lipinski definition) is 5. The van der Waals surface area contributed by atoms with Crippen molar-refractivity contribution in [3.63, 3.8) is 0 Å². The molecule has 2 rings (SSSR count). The van der Waals surface area contributed by atoms with Crippen LogP contribution in [0.25, 0.3) is 0 Å². The molecule has 1 atom stereocenters. The quantitative estimate of drug-likeness (QED) is 0.291. The highest BCUT2D eigenvalue weighted by Gasteiger charge is 2.14. The number of nitrogens with zero attached hydrogens (tertiary/aromatic N) is 2. The average Bonchev–Trinajstić information content (AvgIpc) is 3.16. The summed E-state index contributed by atoms with van der Waals surface area (Å²) in [5.41, 5.74) is 0. The van der Waals surface area contributed by atoms with Gasteiger partial charge in [0, 0.05) is 45.6 Å². The van der Waals surface area contributed by atoms with E-state index in [0.717, 1.165) is 38.4 Å². The maximum atomic E-state index is 6.09. The standard InChI is InChI=1S/C18H29Cl2N5O2/c1-2-21-18(23-6-4-9-26-13-15-5-3-10-27-15)24-8-7-22-17-16(20)11-14(19)12-25-17/h11-12,15H,2-10,13H2,1H3,(H,22,25)(H2,21,23,24). The van der Waals surface area contributed by atoms with Gasteiger partial charge in [0.2, 0.25) is 0 Å². The van der Waals surface area contributed by atoms with Crippen molar-refractivity contribution in [3.8, 4) is 0 Å². The van der Waals surface area contributed by atoms with E-state index in [4.69, 9.17) is 32.7 Å². The minimum Gasteiger partial charge on any atom is -0.379 e. The lowest BCUT2D eigenvalue weighted by molar-refractivity contribution is 0.0171. The van der Waals surface area contributed by atoms with Gasteiger partial charge in [-0.25, -0.2) is 4.98 Å². The molecule has 3 N–H and O–H groups in total. The monoisotopic (exact) mass is 417 g/mol. The molecule has 1 aromatic heterocycles. The number of hydrogen-bond donors (Lipinski definition) is 3. The van der Waals surface area contributed by atoms with Gasteiger partial charge >= 0.3 is 0 Å². The van der Waals surface area contributed by atoms with E-state index in [1.807, 2.05) is 6.92 Å². The van der Waals surface area contributed by atoms with Crippen LogP contribution >= 0.6 is 23.2 Å². The molecule has 0 amide bonds. The van der Waals surface area contributed by atoms with Crippen LogP contribution < -0.4 is 16.0 Å². The number of guanidine groups is 1. The highest BCUT2D eigenvalue weighted by molar-refractivity contribution is 6.35. The third-order valence-corrected chi connectivity index (χ3v) is 4.40. The summed E-state index contributed by atoms with van der Waals surface area (Å²) in [6, 6.07) is 1.66. The van der Waals surface area contributed by atoms with Crippen LogP contribution in [0.2, 0.25) is 10.0 Å². The van der Waals surface area contributed by atoms with Crippen molar-refractivity contribution in [2.24, 2.45) is 4.99 Å². The van der Waals surface area contributed by atoms with Gasteiger partial charge in [0.05, 0.1) is 22.8 Å². The van der Waals surface area contributed by atoms with Gasteiger partial charge < -0.3 is 25.4 Å². The summed E-state index contributed by atoms with van der Waals surface area (Å²) >= 11 is 11.9. The molecule has 1 aromatic rings. The fourth-order valence-corrected chi connectivity index (χ4v) is 3.04. The highest BCUT2D eigenvalue weighted by atomic mass is 35.5. The van der Waals surface area contributed by atoms with E-state index < -0.39 is 0 Å². The molecule has 1 fully saturated rings. The minimum atomic E-state index is 0.281. The second-order valence-electron chi connectivity index (χ2n) is 6.16. The molecule has 0 aliphatic carbocycles. The number of rotatable bonds is 11. The molecule has 0 bridgehead atoms. The molecule has 1 unspecified atom stereocenters. The second kappa shape index (κ2) is 13.0. The summed E-state index contributed by atoms with van der Waals surface area (Å²) in [6.07, 6.45) is 4.98. The van der Waals surface area contributed by atoms with Gasteiger partial charge in [0.15, 0.2) is 5.96 Å². The minimum absolute atomic E-state index is 0.281. The zero-order valence-electron chi connectivity index (χ0n) is 15.8. The van der Waals surface area contributed by atoms with Crippen molar-refractivity contribution in [3.05, 3.63) is 22.3 Å². The summed E-state index contributed by atoms with van der Waals surface area (Å²) in [7, 11) is 0. The lowest BCUT2D eigenvalue weighted by Gasteiger charge is -2.13. The van der Waals surface area contributed by atoms with Crippen molar-refractivity contribution in [1.82, 2.24) is 15.6 Å². The molecular weight excluding hydrogens is 389 g/mol. The fraction of sp³-hybridized carbons (Fsp3) is 0.667. The van der Waals surface area contributed by atoms with Crippen LogP contribution in [0.4, 0.5) is 5.82 Å². The third kappa shape index (κ3) is 8.97. The zero-order chi connectivity index (χ0) is 19.3. The van der Waals surface area contributed by atoms with Gasteiger partial charge in [-0.05, 0) is 32.3 Å². The normalized spacial score (nSPS) is 17.1. The topological polar surface area (TPSA) is 79.8 Å². The number of ether oxygens (including phenoxy) is 2. The SMILES string of the molecule is CCNC(=NCCCOCC1CCCO1)NCCNc1ncc(Cl)cc1Cl. The Morgan fingerprint density at radius 1 is 1.37 bits per heavy atom. The molecule has 0 radical (unpaired) electrons. The summed E-state index contributed by atoms with van der Waals surface area (Å²) in [5, 5.41) is 10.7. The van der Waals surface area contributed by atoms with Gasteiger partial charge in [0.25, 0.3) is 0 Å². The van der Waals surface area contributed by atoms with Crippen molar-refractivity contribution in [2.75, 3.05) is 51.3 Å². The molecule has 1 aliphatic rings. The second-order valence-corrected chi connectivity index (χ2v) is 7.01. The van der Waals surface area contributed by atoms with E-state index in [1.165, 1.54) is 0 Å². The first-order valence-corrected chi connectivity index (χ1v) is 10.2. The fourth-order valence-electron chi connectivity index (χ4n) is 2.60. The Balaban J connectivity index is 1.59. The van der Waals surface area contributed by atoms with E-state index in [1.54, 1.807) is 12.3 Å². The van der Waals surface area contributed by atoms with Crippen molar-refractivity contribution in [2.45, 2.75) is 32.3 Å². The van der Waals surface area contributed by atoms with Crippen molar-refractivity contribution in [1.29, 1.82) is 0 Å². The Morgan fingerprint density at radius 3 is 3.00 bits per heavy atom. The van der Waals surface area contributed by atoms with Crippen LogP contribution in [-0.4, -0.2) is 63.0 Å². The molecular formula is C18H29Cl2N5O2. The van der Waals surface area contributed by atoms with Crippen LogP contribution in [0.3, 0.4) is 0 Å². The number of pyridine rings is 1. The zero-order valence-corrected chi connectivity index (χ0v) is 17.3. The van der Waals surface area contributed by atoms with E-state index in [9.17, 15) is 0 Å². The molecule has 27 heavy (non-hydrogen) atoms. The largest absolute Gasteiger partial charge is 0.379 e.